The Kier molecular flexibility index (Phi) is 3.46. The van der Waals surface area contributed by atoms with Gasteiger partial charge in [-0.1, -0.05) is 0 Å². The maximum Gasteiger partial charge on any atom is 0.419 e. The van der Waals surface area contributed by atoms with Crippen LogP contribution in [0.5, 0.6) is 5.88 Å². The van der Waals surface area contributed by atoms with Crippen molar-refractivity contribution in [2.45, 2.75) is 6.18 Å². The van der Waals surface area contributed by atoms with Gasteiger partial charge in [0.2, 0.25) is 5.88 Å². The van der Waals surface area contributed by atoms with Crippen LogP contribution >= 0.6 is 22.6 Å². The number of rotatable bonds is 2. The van der Waals surface area contributed by atoms with Gasteiger partial charge in [0.1, 0.15) is 3.70 Å². The van der Waals surface area contributed by atoms with Crippen LogP contribution in [0.25, 0.3) is 5.69 Å². The van der Waals surface area contributed by atoms with Gasteiger partial charge in [0.15, 0.2) is 0 Å². The van der Waals surface area contributed by atoms with Crippen molar-refractivity contribution in [2.24, 2.45) is 0 Å². The molecule has 0 unspecified atom stereocenters. The van der Waals surface area contributed by atoms with Gasteiger partial charge in [-0.3, -0.25) is 0 Å². The number of pyridine rings is 1. The molecule has 96 valence electrons. The zero-order valence-electron chi connectivity index (χ0n) is 9.07. The third-order valence-electron chi connectivity index (χ3n) is 2.17. The van der Waals surface area contributed by atoms with Crippen molar-refractivity contribution >= 4 is 22.6 Å². The van der Waals surface area contributed by atoms with Gasteiger partial charge < -0.3 is 4.74 Å². The fourth-order valence-electron chi connectivity index (χ4n) is 1.38. The molecule has 0 aliphatic rings. The van der Waals surface area contributed by atoms with E-state index in [0.717, 1.165) is 10.9 Å². The van der Waals surface area contributed by atoms with Crippen LogP contribution in [0.1, 0.15) is 5.56 Å². The molecule has 0 atom stereocenters. The second-order valence-corrected chi connectivity index (χ2v) is 4.43. The molecule has 0 radical (unpaired) electrons. The molecule has 0 bridgehead atoms. The Morgan fingerprint density at radius 2 is 2.11 bits per heavy atom. The van der Waals surface area contributed by atoms with E-state index in [1.165, 1.54) is 19.4 Å². The minimum atomic E-state index is -4.49. The molecule has 2 aromatic heterocycles. The van der Waals surface area contributed by atoms with E-state index in [1.54, 1.807) is 6.07 Å². The van der Waals surface area contributed by atoms with Crippen molar-refractivity contribution in [3.8, 4) is 11.6 Å². The summed E-state index contributed by atoms with van der Waals surface area (Å²) < 4.78 is 45.1. The van der Waals surface area contributed by atoms with Crippen LogP contribution in [-0.2, 0) is 6.18 Å². The maximum absolute atomic E-state index is 12.9. The van der Waals surface area contributed by atoms with Crippen LogP contribution in [0.3, 0.4) is 0 Å². The lowest BCUT2D eigenvalue weighted by Gasteiger charge is -2.13. The molecule has 0 spiro atoms. The van der Waals surface area contributed by atoms with Gasteiger partial charge in [-0.15, -0.1) is 0 Å². The number of halogens is 4. The normalized spacial score (nSPS) is 11.6. The van der Waals surface area contributed by atoms with E-state index in [2.05, 4.69) is 10.1 Å². The Morgan fingerprint density at radius 3 is 2.61 bits per heavy atom. The Bertz CT molecular complexity index is 568. The zero-order chi connectivity index (χ0) is 13.3. The van der Waals surface area contributed by atoms with E-state index < -0.39 is 11.7 Å². The Morgan fingerprint density at radius 1 is 1.39 bits per heavy atom. The lowest BCUT2D eigenvalue weighted by atomic mass is 10.2. The van der Waals surface area contributed by atoms with E-state index in [4.69, 9.17) is 4.74 Å². The largest absolute Gasteiger partial charge is 0.481 e. The summed E-state index contributed by atoms with van der Waals surface area (Å²) in [6, 6.07) is 2.81. The smallest absolute Gasteiger partial charge is 0.419 e. The molecule has 4 nitrogen and oxygen atoms in total. The third-order valence-corrected chi connectivity index (χ3v) is 2.75. The summed E-state index contributed by atoms with van der Waals surface area (Å²) in [5.41, 5.74) is -0.972. The fraction of sp³-hybridized carbons (Fsp3) is 0.200. The number of hydrogen-bond acceptors (Lipinski definition) is 3. The minimum absolute atomic E-state index is 0.100. The summed E-state index contributed by atoms with van der Waals surface area (Å²) in [5, 5.41) is 3.95. The van der Waals surface area contributed by atoms with Gasteiger partial charge in [-0.2, -0.15) is 18.3 Å². The predicted molar refractivity (Wildman–Crippen MR) is 65.6 cm³/mol. The van der Waals surface area contributed by atoms with Crippen LogP contribution in [0, 0.1) is 3.70 Å². The third kappa shape index (κ3) is 2.57. The molecule has 0 fully saturated rings. The Labute approximate surface area is 114 Å². The zero-order valence-corrected chi connectivity index (χ0v) is 11.2. The van der Waals surface area contributed by atoms with Crippen molar-refractivity contribution in [1.82, 2.24) is 14.8 Å². The first-order valence-electron chi connectivity index (χ1n) is 4.74. The van der Waals surface area contributed by atoms with Crippen molar-refractivity contribution < 1.29 is 17.9 Å². The molecule has 2 heterocycles. The molecule has 0 amide bonds. The van der Waals surface area contributed by atoms with Gasteiger partial charge in [-0.25, -0.2) is 9.67 Å². The Hall–Kier alpha value is -1.32. The first-order chi connectivity index (χ1) is 8.41. The minimum Gasteiger partial charge on any atom is -0.481 e. The summed E-state index contributed by atoms with van der Waals surface area (Å²) in [4.78, 5) is 3.57. The number of alkyl halides is 3. The van der Waals surface area contributed by atoms with Crippen molar-refractivity contribution in [3.05, 3.63) is 33.8 Å². The first kappa shape index (κ1) is 13.1. The fourth-order valence-corrected chi connectivity index (χ4v) is 1.77. The summed E-state index contributed by atoms with van der Waals surface area (Å²) in [5.74, 6) is 0.100. The summed E-state index contributed by atoms with van der Waals surface area (Å²) >= 11 is 1.92. The van der Waals surface area contributed by atoms with Gasteiger partial charge in [0.25, 0.3) is 0 Å². The number of ether oxygens (including phenoxy) is 1. The topological polar surface area (TPSA) is 39.9 Å². The number of aromatic nitrogens is 3. The lowest BCUT2D eigenvalue weighted by molar-refractivity contribution is -0.137. The maximum atomic E-state index is 12.9. The average molecular weight is 369 g/mol. The van der Waals surface area contributed by atoms with Crippen molar-refractivity contribution in [2.75, 3.05) is 7.11 Å². The first-order valence-corrected chi connectivity index (χ1v) is 5.82. The molecular weight excluding hydrogens is 362 g/mol. The van der Waals surface area contributed by atoms with E-state index in [-0.39, 0.29) is 11.6 Å². The molecule has 8 heteroatoms. The van der Waals surface area contributed by atoms with Crippen LogP contribution in [0.2, 0.25) is 0 Å². The van der Waals surface area contributed by atoms with Gasteiger partial charge in [0, 0.05) is 18.5 Å². The van der Waals surface area contributed by atoms with E-state index in [1.807, 2.05) is 22.6 Å². The van der Waals surface area contributed by atoms with Crippen molar-refractivity contribution in [1.29, 1.82) is 0 Å². The summed E-state index contributed by atoms with van der Waals surface area (Å²) in [6.07, 6.45) is -2.31. The van der Waals surface area contributed by atoms with Gasteiger partial charge in [-0.05, 0) is 28.7 Å². The highest BCUT2D eigenvalue weighted by atomic mass is 127. The molecular formula is C10H7F3IN3O. The SMILES string of the molecule is COc1cc(-n2ccc(I)n2)c(C(F)(F)F)cn1. The number of methoxy groups -OCH3 is 1. The standard InChI is InChI=1S/C10H7F3IN3O/c1-18-9-4-7(17-3-2-8(14)16-17)6(5-15-9)10(11,12)13/h2-5H,1H3. The van der Waals surface area contributed by atoms with Crippen LogP contribution in [0.15, 0.2) is 24.5 Å². The molecule has 0 aliphatic heterocycles. The van der Waals surface area contributed by atoms with Gasteiger partial charge in [0.05, 0.1) is 18.4 Å². The highest BCUT2D eigenvalue weighted by Crippen LogP contribution is 2.34. The van der Waals surface area contributed by atoms with Crippen LogP contribution in [0.4, 0.5) is 13.2 Å². The molecule has 0 aromatic carbocycles. The van der Waals surface area contributed by atoms with Gasteiger partial charge >= 0.3 is 6.18 Å². The van der Waals surface area contributed by atoms with Crippen LogP contribution < -0.4 is 4.74 Å². The summed E-state index contributed by atoms with van der Waals surface area (Å²) in [7, 11) is 1.34. The number of hydrogen-bond donors (Lipinski definition) is 0. The highest BCUT2D eigenvalue weighted by molar-refractivity contribution is 14.1. The Balaban J connectivity index is 2.61. The molecule has 0 N–H and O–H groups in total. The molecule has 0 saturated carbocycles. The van der Waals surface area contributed by atoms with Crippen LogP contribution in [-0.4, -0.2) is 21.9 Å². The average Bonchev–Trinajstić information content (AvgIpc) is 2.74. The van der Waals surface area contributed by atoms with Crippen molar-refractivity contribution in [3.63, 3.8) is 0 Å². The second kappa shape index (κ2) is 4.75. The highest BCUT2D eigenvalue weighted by Gasteiger charge is 2.35. The molecule has 0 saturated heterocycles. The molecule has 18 heavy (non-hydrogen) atoms. The monoisotopic (exact) mass is 369 g/mol. The summed E-state index contributed by atoms with van der Waals surface area (Å²) in [6.45, 7) is 0. The lowest BCUT2D eigenvalue weighted by Crippen LogP contribution is -2.12. The van der Waals surface area contributed by atoms with E-state index >= 15 is 0 Å². The number of nitrogens with zero attached hydrogens (tertiary/aromatic N) is 3. The molecule has 0 aliphatic carbocycles. The molecule has 2 aromatic rings. The van der Waals surface area contributed by atoms with E-state index in [9.17, 15) is 13.2 Å². The van der Waals surface area contributed by atoms with E-state index in [0.29, 0.717) is 3.70 Å². The quantitative estimate of drug-likeness (QED) is 0.765. The predicted octanol–water partition coefficient (Wildman–Crippen LogP) is 2.90. The second-order valence-electron chi connectivity index (χ2n) is 3.32. The molecule has 2 rings (SSSR count).